The molecule has 0 aliphatic rings. The van der Waals surface area contributed by atoms with E-state index in [1.807, 2.05) is 19.2 Å². The van der Waals surface area contributed by atoms with Crippen molar-refractivity contribution in [3.63, 3.8) is 0 Å². The molecule has 0 spiro atoms. The molecular formula is C12H20N2O2. The van der Waals surface area contributed by atoms with Crippen LogP contribution in [0.3, 0.4) is 0 Å². The molecule has 4 nitrogen and oxygen atoms in total. The van der Waals surface area contributed by atoms with Gasteiger partial charge in [-0.2, -0.15) is 0 Å². The van der Waals surface area contributed by atoms with Gasteiger partial charge in [-0.3, -0.25) is 0 Å². The van der Waals surface area contributed by atoms with Crippen LogP contribution in [-0.2, 0) is 4.74 Å². The van der Waals surface area contributed by atoms with Crippen molar-refractivity contribution >= 4 is 5.82 Å². The molecule has 0 aliphatic carbocycles. The monoisotopic (exact) mass is 224 g/mol. The summed E-state index contributed by atoms with van der Waals surface area (Å²) < 4.78 is 5.00. The van der Waals surface area contributed by atoms with Crippen molar-refractivity contribution in [1.29, 1.82) is 0 Å². The van der Waals surface area contributed by atoms with Crippen LogP contribution >= 0.6 is 0 Å². The lowest BCUT2D eigenvalue weighted by atomic mass is 10.2. The van der Waals surface area contributed by atoms with E-state index in [9.17, 15) is 5.11 Å². The number of pyridine rings is 1. The van der Waals surface area contributed by atoms with Crippen molar-refractivity contribution in [1.82, 2.24) is 4.98 Å². The minimum Gasteiger partial charge on any atom is -0.389 e. The Bertz CT molecular complexity index is 298. The van der Waals surface area contributed by atoms with Gasteiger partial charge in [0, 0.05) is 33.5 Å². The Hall–Kier alpha value is -1.13. The van der Waals surface area contributed by atoms with Gasteiger partial charge in [-0.1, -0.05) is 6.07 Å². The van der Waals surface area contributed by atoms with Crippen molar-refractivity contribution in [3.05, 3.63) is 23.9 Å². The van der Waals surface area contributed by atoms with E-state index in [1.54, 1.807) is 20.2 Å². The number of hydrogen-bond donors (Lipinski definition) is 1. The largest absolute Gasteiger partial charge is 0.389 e. The van der Waals surface area contributed by atoms with Crippen LogP contribution in [0.5, 0.6) is 0 Å². The standard InChI is InChI=1S/C12H20N2O2/c1-10(15)11-5-6-12(13-9-11)14(2)7-4-8-16-3/h5-6,9-10,15H,4,7-8H2,1-3H3/t10-/m1/s1. The zero-order valence-electron chi connectivity index (χ0n) is 10.2. The molecule has 1 aromatic heterocycles. The fourth-order valence-electron chi connectivity index (χ4n) is 1.43. The summed E-state index contributed by atoms with van der Waals surface area (Å²) in [6.45, 7) is 3.41. The predicted octanol–water partition coefficient (Wildman–Crippen LogP) is 1.61. The maximum Gasteiger partial charge on any atom is 0.128 e. The summed E-state index contributed by atoms with van der Waals surface area (Å²) in [5.41, 5.74) is 0.842. The average molecular weight is 224 g/mol. The Morgan fingerprint density at radius 3 is 2.75 bits per heavy atom. The van der Waals surface area contributed by atoms with Crippen LogP contribution in [0.2, 0.25) is 0 Å². The molecule has 1 heterocycles. The summed E-state index contributed by atoms with van der Waals surface area (Å²) >= 11 is 0. The van der Waals surface area contributed by atoms with E-state index in [0.717, 1.165) is 31.0 Å². The molecule has 0 bridgehead atoms. The molecule has 1 atom stereocenters. The molecule has 0 aromatic carbocycles. The fraction of sp³-hybridized carbons (Fsp3) is 0.583. The molecule has 0 unspecified atom stereocenters. The molecule has 90 valence electrons. The molecule has 0 radical (unpaired) electrons. The van der Waals surface area contributed by atoms with Gasteiger partial charge in [0.2, 0.25) is 0 Å². The zero-order valence-corrected chi connectivity index (χ0v) is 10.2. The van der Waals surface area contributed by atoms with Gasteiger partial charge in [0.25, 0.3) is 0 Å². The number of nitrogens with zero attached hydrogens (tertiary/aromatic N) is 2. The average Bonchev–Trinajstić information content (AvgIpc) is 2.29. The highest BCUT2D eigenvalue weighted by Gasteiger charge is 2.04. The predicted molar refractivity (Wildman–Crippen MR) is 64.6 cm³/mol. The second kappa shape index (κ2) is 6.45. The highest BCUT2D eigenvalue weighted by Crippen LogP contribution is 2.14. The van der Waals surface area contributed by atoms with Crippen LogP contribution in [0.25, 0.3) is 0 Å². The Morgan fingerprint density at radius 1 is 1.50 bits per heavy atom. The number of hydrogen-bond acceptors (Lipinski definition) is 4. The summed E-state index contributed by atoms with van der Waals surface area (Å²) in [5.74, 6) is 0.917. The third kappa shape index (κ3) is 3.79. The number of anilines is 1. The lowest BCUT2D eigenvalue weighted by Crippen LogP contribution is -2.20. The third-order valence-corrected chi connectivity index (χ3v) is 2.49. The second-order valence-electron chi connectivity index (χ2n) is 3.89. The van der Waals surface area contributed by atoms with Crippen molar-refractivity contribution < 1.29 is 9.84 Å². The summed E-state index contributed by atoms with van der Waals surface area (Å²) in [5, 5.41) is 9.36. The fourth-order valence-corrected chi connectivity index (χ4v) is 1.43. The first kappa shape index (κ1) is 12.9. The van der Waals surface area contributed by atoms with E-state index in [1.165, 1.54) is 0 Å². The van der Waals surface area contributed by atoms with Gasteiger partial charge in [0.15, 0.2) is 0 Å². The Morgan fingerprint density at radius 2 is 2.25 bits per heavy atom. The maximum absolute atomic E-state index is 9.36. The molecule has 0 aliphatic heterocycles. The van der Waals surface area contributed by atoms with E-state index >= 15 is 0 Å². The third-order valence-electron chi connectivity index (χ3n) is 2.49. The Kier molecular flexibility index (Phi) is 5.22. The smallest absolute Gasteiger partial charge is 0.128 e. The zero-order chi connectivity index (χ0) is 12.0. The summed E-state index contributed by atoms with van der Waals surface area (Å²) in [6.07, 6.45) is 2.24. The van der Waals surface area contributed by atoms with Gasteiger partial charge in [0.1, 0.15) is 5.82 Å². The van der Waals surface area contributed by atoms with Crippen molar-refractivity contribution in [2.45, 2.75) is 19.4 Å². The molecule has 1 N–H and O–H groups in total. The van der Waals surface area contributed by atoms with Gasteiger partial charge in [-0.15, -0.1) is 0 Å². The number of ether oxygens (including phenoxy) is 1. The number of methoxy groups -OCH3 is 1. The molecule has 0 amide bonds. The first-order valence-corrected chi connectivity index (χ1v) is 5.49. The first-order chi connectivity index (χ1) is 7.65. The van der Waals surface area contributed by atoms with Gasteiger partial charge in [-0.25, -0.2) is 4.98 Å². The van der Waals surface area contributed by atoms with E-state index in [2.05, 4.69) is 9.88 Å². The molecule has 0 saturated carbocycles. The molecule has 0 fully saturated rings. The first-order valence-electron chi connectivity index (χ1n) is 5.49. The molecule has 16 heavy (non-hydrogen) atoms. The number of rotatable bonds is 6. The van der Waals surface area contributed by atoms with Crippen LogP contribution < -0.4 is 4.90 Å². The molecule has 0 saturated heterocycles. The van der Waals surface area contributed by atoms with Crippen LogP contribution in [0, 0.1) is 0 Å². The van der Waals surface area contributed by atoms with Crippen LogP contribution in [-0.4, -0.2) is 37.4 Å². The van der Waals surface area contributed by atoms with Crippen LogP contribution in [0.15, 0.2) is 18.3 Å². The highest BCUT2D eigenvalue weighted by molar-refractivity contribution is 5.38. The van der Waals surface area contributed by atoms with Gasteiger partial charge < -0.3 is 14.7 Å². The Balaban J connectivity index is 2.52. The number of aromatic nitrogens is 1. The summed E-state index contributed by atoms with van der Waals surface area (Å²) in [7, 11) is 3.70. The van der Waals surface area contributed by atoms with E-state index < -0.39 is 6.10 Å². The van der Waals surface area contributed by atoms with Crippen molar-refractivity contribution in [2.75, 3.05) is 32.2 Å². The quantitative estimate of drug-likeness (QED) is 0.746. The van der Waals surface area contributed by atoms with Crippen molar-refractivity contribution in [2.24, 2.45) is 0 Å². The van der Waals surface area contributed by atoms with E-state index in [4.69, 9.17) is 4.74 Å². The minimum atomic E-state index is -0.458. The lowest BCUT2D eigenvalue weighted by molar-refractivity contribution is 0.196. The SMILES string of the molecule is COCCCN(C)c1ccc([C@@H](C)O)cn1. The van der Waals surface area contributed by atoms with E-state index in [-0.39, 0.29) is 0 Å². The lowest BCUT2D eigenvalue weighted by Gasteiger charge is -2.18. The molecule has 1 rings (SSSR count). The molecule has 1 aromatic rings. The second-order valence-corrected chi connectivity index (χ2v) is 3.89. The van der Waals surface area contributed by atoms with Gasteiger partial charge in [0.05, 0.1) is 6.10 Å². The summed E-state index contributed by atoms with van der Waals surface area (Å²) in [6, 6.07) is 3.83. The number of aliphatic hydroxyl groups is 1. The van der Waals surface area contributed by atoms with Crippen molar-refractivity contribution in [3.8, 4) is 0 Å². The number of aliphatic hydroxyl groups excluding tert-OH is 1. The summed E-state index contributed by atoms with van der Waals surface area (Å²) in [4.78, 5) is 6.38. The van der Waals surface area contributed by atoms with Crippen LogP contribution in [0.1, 0.15) is 25.0 Å². The van der Waals surface area contributed by atoms with Crippen LogP contribution in [0.4, 0.5) is 5.82 Å². The molecule has 4 heteroatoms. The molecular weight excluding hydrogens is 204 g/mol. The highest BCUT2D eigenvalue weighted by atomic mass is 16.5. The topological polar surface area (TPSA) is 45.6 Å². The Labute approximate surface area is 96.9 Å². The maximum atomic E-state index is 9.36. The van der Waals surface area contributed by atoms with Gasteiger partial charge >= 0.3 is 0 Å². The minimum absolute atomic E-state index is 0.458. The van der Waals surface area contributed by atoms with E-state index in [0.29, 0.717) is 0 Å². The van der Waals surface area contributed by atoms with Gasteiger partial charge in [-0.05, 0) is 25.0 Å². The normalized spacial score (nSPS) is 12.5.